The molecule has 0 spiro atoms. The number of nitro benzene ring substituents is 1. The molecule has 4 rings (SSSR count). The second-order valence-corrected chi connectivity index (χ2v) is 7.30. The van der Waals surface area contributed by atoms with Gasteiger partial charge in [0.05, 0.1) is 35.4 Å². The summed E-state index contributed by atoms with van der Waals surface area (Å²) in [5.41, 5.74) is -1.10. The predicted octanol–water partition coefficient (Wildman–Crippen LogP) is 3.44. The van der Waals surface area contributed by atoms with E-state index in [9.17, 15) is 23.3 Å². The van der Waals surface area contributed by atoms with Crippen LogP contribution in [-0.4, -0.2) is 53.2 Å². The van der Waals surface area contributed by atoms with E-state index in [1.165, 1.54) is 0 Å². The molecule has 0 saturated carbocycles. The zero-order chi connectivity index (χ0) is 23.6. The number of benzene rings is 1. The van der Waals surface area contributed by atoms with Crippen molar-refractivity contribution in [1.29, 1.82) is 0 Å². The number of nitrogens with one attached hydrogen (secondary N) is 2. The number of anilines is 3. The Morgan fingerprint density at radius 3 is 2.61 bits per heavy atom. The molecule has 0 atom stereocenters. The van der Waals surface area contributed by atoms with Gasteiger partial charge in [0.15, 0.2) is 0 Å². The number of non-ortho nitro benzene ring substituents is 1. The lowest BCUT2D eigenvalue weighted by Gasteiger charge is -2.28. The minimum atomic E-state index is -4.71. The van der Waals surface area contributed by atoms with E-state index in [4.69, 9.17) is 4.74 Å². The highest BCUT2D eigenvalue weighted by molar-refractivity contribution is 5.91. The maximum atomic E-state index is 13.2. The summed E-state index contributed by atoms with van der Waals surface area (Å²) in [6, 6.07) is 4.30. The summed E-state index contributed by atoms with van der Waals surface area (Å²) in [5, 5.41) is 17.6. The molecular formula is C20H20F3N7O3. The largest absolute Gasteiger partial charge is 0.416 e. The molecule has 2 N–H and O–H groups in total. The van der Waals surface area contributed by atoms with E-state index in [1.807, 2.05) is 0 Å². The highest BCUT2D eigenvalue weighted by Gasteiger charge is 2.32. The fraction of sp³-hybridized carbons (Fsp3) is 0.350. The van der Waals surface area contributed by atoms with Crippen molar-refractivity contribution in [2.75, 3.05) is 48.9 Å². The molecule has 1 fully saturated rings. The van der Waals surface area contributed by atoms with Crippen LogP contribution in [0.3, 0.4) is 0 Å². The molecule has 10 nitrogen and oxygen atoms in total. The fourth-order valence-corrected chi connectivity index (χ4v) is 3.46. The van der Waals surface area contributed by atoms with Crippen molar-refractivity contribution in [1.82, 2.24) is 15.0 Å². The van der Waals surface area contributed by atoms with Gasteiger partial charge in [-0.25, -0.2) is 9.97 Å². The second-order valence-electron chi connectivity index (χ2n) is 7.30. The number of hydrogen-bond donors (Lipinski definition) is 2. The van der Waals surface area contributed by atoms with Crippen LogP contribution in [0.5, 0.6) is 0 Å². The van der Waals surface area contributed by atoms with Gasteiger partial charge >= 0.3 is 6.18 Å². The molecule has 174 valence electrons. The Balaban J connectivity index is 1.69. The minimum Gasteiger partial charge on any atom is -0.378 e. The number of halogens is 3. The third kappa shape index (κ3) is 5.03. The number of morpholine rings is 1. The van der Waals surface area contributed by atoms with E-state index >= 15 is 0 Å². The van der Waals surface area contributed by atoms with Crippen molar-refractivity contribution in [2.24, 2.45) is 0 Å². The summed E-state index contributed by atoms with van der Waals surface area (Å²) < 4.78 is 45.0. The molecule has 1 saturated heterocycles. The third-order valence-electron chi connectivity index (χ3n) is 5.10. The normalized spacial score (nSPS) is 14.4. The standard InChI is InChI=1S/C20H20F3N7O3/c1-24-19-27-16-11-25-17(29-2-4-33-5-3-29)9-15(16)18(28-19)26-10-12-6-13(20(21,22)23)8-14(7-12)30(31)32/h6-9,11H,2-5,10H2,1H3,(H2,24,26,27,28). The van der Waals surface area contributed by atoms with Crippen LogP contribution in [0.1, 0.15) is 11.1 Å². The first-order valence-corrected chi connectivity index (χ1v) is 10.0. The topological polar surface area (TPSA) is 118 Å². The van der Waals surface area contributed by atoms with Gasteiger partial charge in [-0.2, -0.15) is 18.2 Å². The van der Waals surface area contributed by atoms with Gasteiger partial charge in [0.25, 0.3) is 5.69 Å². The molecule has 1 aliphatic heterocycles. The first kappa shape index (κ1) is 22.5. The van der Waals surface area contributed by atoms with E-state index in [-0.39, 0.29) is 12.1 Å². The molecule has 0 aliphatic carbocycles. The van der Waals surface area contributed by atoms with E-state index in [1.54, 1.807) is 19.3 Å². The quantitative estimate of drug-likeness (QED) is 0.419. The van der Waals surface area contributed by atoms with Gasteiger partial charge in [-0.05, 0) is 17.7 Å². The first-order valence-electron chi connectivity index (χ1n) is 10.0. The zero-order valence-corrected chi connectivity index (χ0v) is 17.5. The average molecular weight is 463 g/mol. The number of nitro groups is 1. The molecule has 13 heteroatoms. The van der Waals surface area contributed by atoms with Gasteiger partial charge in [-0.15, -0.1) is 0 Å². The molecule has 33 heavy (non-hydrogen) atoms. The van der Waals surface area contributed by atoms with Crippen LogP contribution in [0.25, 0.3) is 10.9 Å². The molecule has 0 bridgehead atoms. The smallest absolute Gasteiger partial charge is 0.378 e. The summed E-state index contributed by atoms with van der Waals surface area (Å²) in [4.78, 5) is 25.5. The maximum absolute atomic E-state index is 13.2. The number of fused-ring (bicyclic) bond motifs is 1. The minimum absolute atomic E-state index is 0.0942. The Kier molecular flexibility index (Phi) is 6.14. The number of nitrogens with zero attached hydrogens (tertiary/aromatic N) is 5. The molecule has 0 amide bonds. The average Bonchev–Trinajstić information content (AvgIpc) is 2.81. The van der Waals surface area contributed by atoms with E-state index in [0.717, 1.165) is 12.1 Å². The monoisotopic (exact) mass is 463 g/mol. The Morgan fingerprint density at radius 2 is 1.94 bits per heavy atom. The molecule has 3 heterocycles. The van der Waals surface area contributed by atoms with Crippen LogP contribution in [0, 0.1) is 10.1 Å². The van der Waals surface area contributed by atoms with Crippen LogP contribution >= 0.6 is 0 Å². The summed E-state index contributed by atoms with van der Waals surface area (Å²) in [5.74, 6) is 1.35. The number of aromatic nitrogens is 3. The second kappa shape index (κ2) is 9.02. The molecule has 0 radical (unpaired) electrons. The van der Waals surface area contributed by atoms with Crippen LogP contribution in [0.2, 0.25) is 0 Å². The number of ether oxygens (including phenoxy) is 1. The van der Waals surface area contributed by atoms with Crippen molar-refractivity contribution >= 4 is 34.2 Å². The number of hydrogen-bond acceptors (Lipinski definition) is 9. The fourth-order valence-electron chi connectivity index (χ4n) is 3.46. The summed E-state index contributed by atoms with van der Waals surface area (Å²) in [7, 11) is 1.64. The molecule has 1 aliphatic rings. The van der Waals surface area contributed by atoms with Crippen LogP contribution in [0.15, 0.2) is 30.5 Å². The summed E-state index contributed by atoms with van der Waals surface area (Å²) in [6.45, 7) is 2.38. The van der Waals surface area contributed by atoms with Gasteiger partial charge < -0.3 is 20.3 Å². The van der Waals surface area contributed by atoms with Crippen LogP contribution in [-0.2, 0) is 17.5 Å². The van der Waals surface area contributed by atoms with Crippen molar-refractivity contribution in [3.05, 3.63) is 51.7 Å². The third-order valence-corrected chi connectivity index (χ3v) is 5.10. The Labute approximate surface area is 186 Å². The number of pyridine rings is 1. The Bertz CT molecular complexity index is 1180. The van der Waals surface area contributed by atoms with Crippen molar-refractivity contribution in [2.45, 2.75) is 12.7 Å². The first-order chi connectivity index (χ1) is 15.7. The summed E-state index contributed by atoms with van der Waals surface area (Å²) in [6.07, 6.45) is -3.11. The van der Waals surface area contributed by atoms with E-state index < -0.39 is 22.4 Å². The van der Waals surface area contributed by atoms with Gasteiger partial charge in [0.2, 0.25) is 5.95 Å². The molecular weight excluding hydrogens is 443 g/mol. The van der Waals surface area contributed by atoms with Gasteiger partial charge in [-0.1, -0.05) is 0 Å². The summed E-state index contributed by atoms with van der Waals surface area (Å²) >= 11 is 0. The number of rotatable bonds is 6. The SMILES string of the molecule is CNc1nc(NCc2cc([N+](=O)[O-])cc(C(F)(F)F)c2)c2cc(N3CCOCC3)ncc2n1. The maximum Gasteiger partial charge on any atom is 0.416 e. The lowest BCUT2D eigenvalue weighted by molar-refractivity contribution is -0.385. The van der Waals surface area contributed by atoms with E-state index in [0.29, 0.717) is 60.9 Å². The van der Waals surface area contributed by atoms with Gasteiger partial charge in [0.1, 0.15) is 11.6 Å². The number of alkyl halides is 3. The Hall–Kier alpha value is -3.74. The lowest BCUT2D eigenvalue weighted by Crippen LogP contribution is -2.36. The molecule has 1 aromatic carbocycles. The lowest BCUT2D eigenvalue weighted by atomic mass is 10.1. The predicted molar refractivity (Wildman–Crippen MR) is 115 cm³/mol. The van der Waals surface area contributed by atoms with Crippen LogP contribution in [0.4, 0.5) is 36.4 Å². The zero-order valence-electron chi connectivity index (χ0n) is 17.5. The van der Waals surface area contributed by atoms with Crippen molar-refractivity contribution < 1.29 is 22.8 Å². The van der Waals surface area contributed by atoms with Gasteiger partial charge in [-0.3, -0.25) is 10.1 Å². The van der Waals surface area contributed by atoms with Crippen molar-refractivity contribution in [3.63, 3.8) is 0 Å². The van der Waals surface area contributed by atoms with Crippen molar-refractivity contribution in [3.8, 4) is 0 Å². The van der Waals surface area contributed by atoms with E-state index in [2.05, 4.69) is 30.5 Å². The molecule has 0 unspecified atom stereocenters. The van der Waals surface area contributed by atoms with Crippen LogP contribution < -0.4 is 15.5 Å². The highest BCUT2D eigenvalue weighted by atomic mass is 19.4. The molecule has 2 aromatic heterocycles. The highest BCUT2D eigenvalue weighted by Crippen LogP contribution is 2.33. The Morgan fingerprint density at radius 1 is 1.18 bits per heavy atom. The molecule has 3 aromatic rings. The van der Waals surface area contributed by atoms with Gasteiger partial charge in [0, 0.05) is 44.2 Å².